The summed E-state index contributed by atoms with van der Waals surface area (Å²) in [5, 5.41) is 7.58. The second-order valence-electron chi connectivity index (χ2n) is 11.0. The normalized spacial score (nSPS) is 15.3. The van der Waals surface area contributed by atoms with Gasteiger partial charge in [-0.3, -0.25) is 9.69 Å². The number of hydrogen-bond acceptors (Lipinski definition) is 6. The molecule has 1 amide bonds. The summed E-state index contributed by atoms with van der Waals surface area (Å²) in [4.78, 5) is 23.0. The van der Waals surface area contributed by atoms with Gasteiger partial charge in [0.2, 0.25) is 5.91 Å². The van der Waals surface area contributed by atoms with Crippen LogP contribution >= 0.6 is 24.0 Å². The molecule has 0 aliphatic carbocycles. The van der Waals surface area contributed by atoms with Gasteiger partial charge in [-0.05, 0) is 72.1 Å². The molecule has 0 radical (unpaired) electrons. The number of rotatable bonds is 9. The number of aliphatic imine (C=N–C) groups is 1. The zero-order valence-electron chi connectivity index (χ0n) is 25.6. The number of hydrogen-bond donors (Lipinski definition) is 1. The zero-order valence-corrected chi connectivity index (χ0v) is 27.3. The Hall–Kier alpha value is -4.44. The monoisotopic (exact) mass is 706 g/mol. The first-order valence-electron chi connectivity index (χ1n) is 14.5. The molecule has 1 N–H and O–H groups in total. The highest BCUT2D eigenvalue weighted by Gasteiger charge is 2.61. The molecule has 16 heteroatoms. The van der Waals surface area contributed by atoms with Gasteiger partial charge in [-0.2, -0.15) is 26.9 Å². The summed E-state index contributed by atoms with van der Waals surface area (Å²) in [5.41, 5.74) is 3.97. The van der Waals surface area contributed by atoms with Gasteiger partial charge in [-0.1, -0.05) is 62.0 Å². The van der Waals surface area contributed by atoms with Crippen LogP contribution in [0.5, 0.6) is 5.75 Å². The van der Waals surface area contributed by atoms with E-state index in [1.807, 2.05) is 39.0 Å². The molecule has 252 valence electrons. The first-order valence-corrected chi connectivity index (χ1v) is 15.8. The van der Waals surface area contributed by atoms with Gasteiger partial charge >= 0.3 is 12.3 Å². The summed E-state index contributed by atoms with van der Waals surface area (Å²) in [6, 6.07) is 16.7. The molecule has 48 heavy (non-hydrogen) atoms. The number of aryl methyl sites for hydroxylation is 1. The van der Waals surface area contributed by atoms with Crippen LogP contribution in [0.2, 0.25) is 0 Å². The van der Waals surface area contributed by atoms with Crippen LogP contribution in [-0.4, -0.2) is 55.5 Å². The van der Waals surface area contributed by atoms with E-state index in [0.29, 0.717) is 22.0 Å². The molecule has 1 fully saturated rings. The average molecular weight is 707 g/mol. The van der Waals surface area contributed by atoms with Gasteiger partial charge in [-0.25, -0.2) is 14.1 Å². The van der Waals surface area contributed by atoms with Crippen molar-refractivity contribution in [2.75, 3.05) is 17.2 Å². The number of thiocarbonyl (C=S) groups is 1. The Morgan fingerprint density at radius 1 is 1.06 bits per heavy atom. The van der Waals surface area contributed by atoms with Crippen molar-refractivity contribution in [2.24, 2.45) is 4.99 Å². The number of halogens is 6. The first-order chi connectivity index (χ1) is 22.6. The number of thioether (sulfide) groups is 1. The van der Waals surface area contributed by atoms with E-state index in [0.717, 1.165) is 28.9 Å². The Balaban J connectivity index is 1.20. The predicted molar refractivity (Wildman–Crippen MR) is 176 cm³/mol. The lowest BCUT2D eigenvalue weighted by molar-refractivity contribution is -0.360. The molecule has 0 bridgehead atoms. The minimum absolute atomic E-state index is 0.0404. The van der Waals surface area contributed by atoms with Crippen LogP contribution in [0.25, 0.3) is 17.1 Å². The molecule has 1 atom stereocenters. The Labute approximate surface area is 281 Å². The molecule has 1 unspecified atom stereocenters. The summed E-state index contributed by atoms with van der Waals surface area (Å²) in [6.45, 7) is 5.87. The molecular weight excluding hydrogens is 679 g/mol. The smallest absolute Gasteiger partial charge is 0.426 e. The average Bonchev–Trinajstić information content (AvgIpc) is 3.66. The summed E-state index contributed by atoms with van der Waals surface area (Å²) >= 11 is 6.63. The molecule has 0 saturated carbocycles. The van der Waals surface area contributed by atoms with Gasteiger partial charge in [0.1, 0.15) is 18.2 Å². The Bertz CT molecular complexity index is 1830. The Kier molecular flexibility index (Phi) is 10.1. The van der Waals surface area contributed by atoms with Gasteiger partial charge in [0.15, 0.2) is 16.1 Å². The van der Waals surface area contributed by atoms with Crippen LogP contribution < -0.4 is 15.0 Å². The van der Waals surface area contributed by atoms with E-state index < -0.39 is 24.2 Å². The van der Waals surface area contributed by atoms with Crippen molar-refractivity contribution in [1.82, 2.24) is 20.1 Å². The fraction of sp³-hybridized carbons (Fsp3) is 0.281. The van der Waals surface area contributed by atoms with Crippen molar-refractivity contribution >= 4 is 45.9 Å². The number of nitrogens with one attached hydrogen (secondary N) is 1. The first kappa shape index (κ1) is 34.9. The molecule has 1 saturated heterocycles. The van der Waals surface area contributed by atoms with Crippen LogP contribution in [0.3, 0.4) is 0 Å². The van der Waals surface area contributed by atoms with Crippen LogP contribution in [0.15, 0.2) is 78.0 Å². The minimum atomic E-state index is -5.86. The molecule has 2 heterocycles. The van der Waals surface area contributed by atoms with E-state index in [1.165, 1.54) is 34.9 Å². The number of amides is 1. The lowest BCUT2D eigenvalue weighted by Crippen LogP contribution is -2.41. The largest absolute Gasteiger partial charge is 0.499 e. The van der Waals surface area contributed by atoms with Crippen LogP contribution in [-0.2, 0) is 4.79 Å². The van der Waals surface area contributed by atoms with E-state index in [1.54, 1.807) is 29.2 Å². The third-order valence-corrected chi connectivity index (χ3v) is 8.30. The summed E-state index contributed by atoms with van der Waals surface area (Å²) in [6.07, 6.45) is -11.3. The molecule has 1 aliphatic heterocycles. The second kappa shape index (κ2) is 14.0. The molecule has 1 aromatic heterocycles. The number of anilines is 1. The summed E-state index contributed by atoms with van der Waals surface area (Å²) in [5.74, 6) is -0.148. The highest BCUT2D eigenvalue weighted by atomic mass is 32.2. The molecule has 5 rings (SSSR count). The van der Waals surface area contributed by atoms with E-state index >= 15 is 4.39 Å². The van der Waals surface area contributed by atoms with Crippen LogP contribution in [0, 0.1) is 6.92 Å². The van der Waals surface area contributed by atoms with Crippen molar-refractivity contribution in [3.05, 3.63) is 89.7 Å². The van der Waals surface area contributed by atoms with Crippen molar-refractivity contribution < 1.29 is 35.9 Å². The standard InChI is InChI=1S/C32H28F6N6O2S2/c1-18(2)24-13-4-19(3)14-26(24)44-27(45)16-48-30(44)41-29(47)39-15-25(33)20-5-7-21(8-6-20)28-40-17-43(42-28)22-9-11-23(12-10-22)46-32(37,38)31(34,35)36/h4-14,17-18,25H,15-16H2,1-3H3,(H,39,47)/b41-30-. The lowest BCUT2D eigenvalue weighted by atomic mass is 9.99. The molecular formula is C32H28F6N6O2S2. The maximum atomic E-state index is 15.2. The van der Waals surface area contributed by atoms with Gasteiger partial charge in [0, 0.05) is 5.56 Å². The summed E-state index contributed by atoms with van der Waals surface area (Å²) < 4.78 is 83.8. The fourth-order valence-electron chi connectivity index (χ4n) is 4.67. The van der Waals surface area contributed by atoms with E-state index in [4.69, 9.17) is 12.2 Å². The highest BCUT2D eigenvalue weighted by Crippen LogP contribution is 2.38. The number of benzene rings is 3. The third kappa shape index (κ3) is 7.81. The van der Waals surface area contributed by atoms with Crippen LogP contribution in [0.4, 0.5) is 32.0 Å². The molecule has 8 nitrogen and oxygen atoms in total. The van der Waals surface area contributed by atoms with Crippen LogP contribution in [0.1, 0.15) is 42.6 Å². The van der Waals surface area contributed by atoms with Crippen molar-refractivity contribution in [2.45, 2.75) is 45.1 Å². The number of nitrogens with zero attached hydrogens (tertiary/aromatic N) is 5. The SMILES string of the molecule is Cc1ccc(C(C)C)c(N2C(=O)CS/C2=N\C(=S)NCC(F)c2ccc(-c3ncn(-c4ccc(OC(F)(F)C(F)(F)F)cc4)n3)cc2)c1. The number of alkyl halides is 6. The molecule has 4 aromatic rings. The number of carbonyl (C=O) groups is 1. The third-order valence-electron chi connectivity index (χ3n) is 7.14. The van der Waals surface area contributed by atoms with Crippen molar-refractivity contribution in [3.8, 4) is 22.8 Å². The summed E-state index contributed by atoms with van der Waals surface area (Å²) in [7, 11) is 0. The van der Waals surface area contributed by atoms with Crippen molar-refractivity contribution in [1.29, 1.82) is 0 Å². The molecule has 0 spiro atoms. The second-order valence-corrected chi connectivity index (χ2v) is 12.4. The molecule has 1 aliphatic rings. The fourth-order valence-corrected chi connectivity index (χ4v) is 5.77. The number of ether oxygens (including phenoxy) is 1. The Morgan fingerprint density at radius 3 is 2.40 bits per heavy atom. The van der Waals surface area contributed by atoms with E-state index in [-0.39, 0.29) is 35.1 Å². The van der Waals surface area contributed by atoms with Crippen molar-refractivity contribution in [3.63, 3.8) is 0 Å². The van der Waals surface area contributed by atoms with Gasteiger partial charge in [-0.15, -0.1) is 5.10 Å². The number of amidine groups is 1. The highest BCUT2D eigenvalue weighted by molar-refractivity contribution is 8.15. The van der Waals surface area contributed by atoms with E-state index in [2.05, 4.69) is 25.1 Å². The zero-order chi connectivity index (χ0) is 34.8. The molecule has 3 aromatic carbocycles. The van der Waals surface area contributed by atoms with E-state index in [9.17, 15) is 26.7 Å². The number of carbonyl (C=O) groups excluding carboxylic acids is 1. The minimum Gasteiger partial charge on any atom is -0.426 e. The van der Waals surface area contributed by atoms with Gasteiger partial charge in [0.25, 0.3) is 0 Å². The number of aromatic nitrogens is 3. The quantitative estimate of drug-likeness (QED) is 0.140. The Morgan fingerprint density at radius 2 is 1.75 bits per heavy atom. The van der Waals surface area contributed by atoms with Gasteiger partial charge in [0.05, 0.1) is 23.7 Å². The van der Waals surface area contributed by atoms with Gasteiger partial charge < -0.3 is 10.1 Å². The maximum absolute atomic E-state index is 15.2. The maximum Gasteiger partial charge on any atom is 0.499 e. The lowest BCUT2D eigenvalue weighted by Gasteiger charge is -2.22. The predicted octanol–water partition coefficient (Wildman–Crippen LogP) is 7.92. The topological polar surface area (TPSA) is 84.6 Å².